The van der Waals surface area contributed by atoms with E-state index >= 15 is 0 Å². The average molecular weight is 302 g/mol. The van der Waals surface area contributed by atoms with Crippen molar-refractivity contribution in [1.29, 1.82) is 0 Å². The summed E-state index contributed by atoms with van der Waals surface area (Å²) in [6.45, 7) is 3.68. The normalized spacial score (nSPS) is 13.1. The Morgan fingerprint density at radius 2 is 1.32 bits per heavy atom. The van der Waals surface area contributed by atoms with Crippen LogP contribution in [0.2, 0.25) is 0 Å². The predicted octanol–water partition coefficient (Wildman–Crippen LogP) is 5.47. The summed E-state index contributed by atoms with van der Waals surface area (Å²) in [5.74, 6) is 0.632. The van der Waals surface area contributed by atoms with Crippen LogP contribution < -0.4 is 0 Å². The summed E-state index contributed by atoms with van der Waals surface area (Å²) in [5, 5.41) is 0. The molecule has 0 aliphatic rings. The lowest BCUT2D eigenvalue weighted by atomic mass is 10.1. The number of hydrogen-bond donors (Lipinski definition) is 0. The molecule has 1 rings (SSSR count). The molecule has 0 fully saturated rings. The van der Waals surface area contributed by atoms with Gasteiger partial charge in [0.15, 0.2) is 0 Å². The van der Waals surface area contributed by atoms with Gasteiger partial charge in [0.05, 0.1) is 11.1 Å². The molecule has 0 atom stereocenters. The van der Waals surface area contributed by atoms with E-state index in [-0.39, 0.29) is 16.9 Å². The highest BCUT2D eigenvalue weighted by Gasteiger charge is 2.36. The molecule has 0 unspecified atom stereocenters. The average Bonchev–Trinajstić information content (AvgIpc) is 2.23. The second kappa shape index (κ2) is 5.64. The molecule has 0 bridgehead atoms. The highest BCUT2D eigenvalue weighted by atomic mass is 32.2. The van der Waals surface area contributed by atoms with Gasteiger partial charge in [0.25, 0.3) is 0 Å². The smallest absolute Gasteiger partial charge is 0.166 e. The summed E-state index contributed by atoms with van der Waals surface area (Å²) in [4.78, 5) is -0.0177. The van der Waals surface area contributed by atoms with Gasteiger partial charge in [-0.2, -0.15) is 26.3 Å². The van der Waals surface area contributed by atoms with Crippen LogP contribution in [0.25, 0.3) is 0 Å². The number of benzene rings is 1. The van der Waals surface area contributed by atoms with Crippen LogP contribution in [0.1, 0.15) is 25.0 Å². The first-order valence-corrected chi connectivity index (χ1v) is 6.41. The van der Waals surface area contributed by atoms with Crippen molar-refractivity contribution in [2.45, 2.75) is 31.1 Å². The van der Waals surface area contributed by atoms with Crippen molar-refractivity contribution < 1.29 is 26.3 Å². The standard InChI is InChI=1S/C12H12F6S/c1-7(2)6-19-10-4-8(11(13,14)15)3-9(5-10)12(16,17)18/h3-5,7H,6H2,1-2H3. The molecule has 1 aromatic rings. The van der Waals surface area contributed by atoms with Gasteiger partial charge in [-0.3, -0.25) is 0 Å². The predicted molar refractivity (Wildman–Crippen MR) is 62.0 cm³/mol. The zero-order valence-corrected chi connectivity index (χ0v) is 11.0. The Hall–Kier alpha value is -0.850. The first-order valence-electron chi connectivity index (χ1n) is 5.42. The van der Waals surface area contributed by atoms with Gasteiger partial charge >= 0.3 is 12.4 Å². The van der Waals surface area contributed by atoms with Gasteiger partial charge in [-0.05, 0) is 24.1 Å². The van der Waals surface area contributed by atoms with Crippen LogP contribution in [0, 0.1) is 5.92 Å². The molecular formula is C12H12F6S. The SMILES string of the molecule is CC(C)CSc1cc(C(F)(F)F)cc(C(F)(F)F)c1. The van der Waals surface area contributed by atoms with E-state index in [4.69, 9.17) is 0 Å². The van der Waals surface area contributed by atoms with Crippen molar-refractivity contribution in [2.24, 2.45) is 5.92 Å². The van der Waals surface area contributed by atoms with Crippen LogP contribution in [0.15, 0.2) is 23.1 Å². The molecule has 0 aliphatic heterocycles. The summed E-state index contributed by atoms with van der Waals surface area (Å²) in [5.41, 5.74) is -2.54. The Labute approximate surface area is 111 Å². The van der Waals surface area contributed by atoms with Gasteiger partial charge in [-0.25, -0.2) is 0 Å². The fraction of sp³-hybridized carbons (Fsp3) is 0.500. The molecule has 19 heavy (non-hydrogen) atoms. The third-order valence-electron chi connectivity index (χ3n) is 2.14. The van der Waals surface area contributed by atoms with E-state index in [1.54, 1.807) is 0 Å². The van der Waals surface area contributed by atoms with Crippen molar-refractivity contribution in [3.63, 3.8) is 0 Å². The van der Waals surface area contributed by atoms with Crippen molar-refractivity contribution in [3.8, 4) is 0 Å². The molecule has 0 aromatic heterocycles. The largest absolute Gasteiger partial charge is 0.416 e. The van der Waals surface area contributed by atoms with Gasteiger partial charge in [0.1, 0.15) is 0 Å². The summed E-state index contributed by atoms with van der Waals surface area (Å²) in [6.07, 6.45) is -9.57. The van der Waals surface area contributed by atoms with Gasteiger partial charge in [-0.15, -0.1) is 11.8 Å². The Bertz CT molecular complexity index is 401. The lowest BCUT2D eigenvalue weighted by Crippen LogP contribution is -2.11. The van der Waals surface area contributed by atoms with E-state index in [2.05, 4.69) is 0 Å². The lowest BCUT2D eigenvalue weighted by molar-refractivity contribution is -0.143. The molecule has 7 heteroatoms. The van der Waals surface area contributed by atoms with Crippen molar-refractivity contribution in [1.82, 2.24) is 0 Å². The van der Waals surface area contributed by atoms with Crippen LogP contribution in [-0.4, -0.2) is 5.75 Å². The van der Waals surface area contributed by atoms with Gasteiger partial charge in [0, 0.05) is 10.6 Å². The quantitative estimate of drug-likeness (QED) is 0.527. The van der Waals surface area contributed by atoms with Crippen LogP contribution >= 0.6 is 11.8 Å². The zero-order chi connectivity index (χ0) is 14.8. The lowest BCUT2D eigenvalue weighted by Gasteiger charge is -2.14. The van der Waals surface area contributed by atoms with E-state index in [1.165, 1.54) is 0 Å². The fourth-order valence-electron chi connectivity index (χ4n) is 1.27. The third kappa shape index (κ3) is 4.97. The Kier molecular flexibility index (Phi) is 4.81. The minimum absolute atomic E-state index is 0.0177. The molecule has 0 aliphatic carbocycles. The molecule has 0 spiro atoms. The maximum Gasteiger partial charge on any atom is 0.416 e. The monoisotopic (exact) mass is 302 g/mol. The second-order valence-electron chi connectivity index (χ2n) is 4.45. The van der Waals surface area contributed by atoms with Crippen molar-refractivity contribution in [2.75, 3.05) is 5.75 Å². The Balaban J connectivity index is 3.17. The van der Waals surface area contributed by atoms with Crippen molar-refractivity contribution >= 4 is 11.8 Å². The number of rotatable bonds is 3. The summed E-state index contributed by atoms with van der Waals surface area (Å²) in [7, 11) is 0. The maximum atomic E-state index is 12.6. The molecule has 1 aromatic carbocycles. The molecular weight excluding hydrogens is 290 g/mol. The minimum Gasteiger partial charge on any atom is -0.166 e. The molecule has 0 radical (unpaired) electrons. The summed E-state index contributed by atoms with van der Waals surface area (Å²) < 4.78 is 75.3. The zero-order valence-electron chi connectivity index (χ0n) is 10.2. The van der Waals surface area contributed by atoms with Gasteiger partial charge < -0.3 is 0 Å². The van der Waals surface area contributed by atoms with E-state index < -0.39 is 23.5 Å². The summed E-state index contributed by atoms with van der Waals surface area (Å²) in [6, 6.07) is 1.64. The maximum absolute atomic E-state index is 12.6. The van der Waals surface area contributed by atoms with E-state index in [1.807, 2.05) is 13.8 Å². The van der Waals surface area contributed by atoms with Crippen LogP contribution in [0.4, 0.5) is 26.3 Å². The molecule has 108 valence electrons. The minimum atomic E-state index is -4.78. The van der Waals surface area contributed by atoms with Crippen LogP contribution in [-0.2, 0) is 12.4 Å². The molecule has 0 N–H and O–H groups in total. The Morgan fingerprint density at radius 3 is 1.63 bits per heavy atom. The summed E-state index contributed by atoms with van der Waals surface area (Å²) >= 11 is 0.989. The fourth-order valence-corrected chi connectivity index (χ4v) is 2.22. The number of thioether (sulfide) groups is 1. The van der Waals surface area contributed by atoms with Crippen LogP contribution in [0.3, 0.4) is 0 Å². The second-order valence-corrected chi connectivity index (χ2v) is 5.54. The highest BCUT2D eigenvalue weighted by molar-refractivity contribution is 7.99. The molecule has 0 saturated carbocycles. The molecule has 0 heterocycles. The molecule has 0 saturated heterocycles. The van der Waals surface area contributed by atoms with Crippen LogP contribution in [0.5, 0.6) is 0 Å². The number of alkyl halides is 6. The molecule has 0 amide bonds. The van der Waals surface area contributed by atoms with Gasteiger partial charge in [0.2, 0.25) is 0 Å². The van der Waals surface area contributed by atoms with E-state index in [0.717, 1.165) is 23.9 Å². The number of halogens is 6. The topological polar surface area (TPSA) is 0 Å². The van der Waals surface area contributed by atoms with E-state index in [0.29, 0.717) is 5.75 Å². The first-order chi connectivity index (χ1) is 8.50. The first kappa shape index (κ1) is 16.2. The van der Waals surface area contributed by atoms with Gasteiger partial charge in [-0.1, -0.05) is 13.8 Å². The molecule has 0 nitrogen and oxygen atoms in total. The number of hydrogen-bond acceptors (Lipinski definition) is 1. The Morgan fingerprint density at radius 1 is 0.895 bits per heavy atom. The highest BCUT2D eigenvalue weighted by Crippen LogP contribution is 2.38. The third-order valence-corrected chi connectivity index (χ3v) is 3.55. The van der Waals surface area contributed by atoms with E-state index in [9.17, 15) is 26.3 Å². The van der Waals surface area contributed by atoms with Crippen molar-refractivity contribution in [3.05, 3.63) is 29.3 Å².